The molecule has 98 valence electrons. The van der Waals surface area contributed by atoms with E-state index in [1.807, 2.05) is 25.1 Å². The maximum atomic E-state index is 11.6. The Labute approximate surface area is 107 Å². The summed E-state index contributed by atoms with van der Waals surface area (Å²) >= 11 is 0. The van der Waals surface area contributed by atoms with Crippen LogP contribution in [-0.4, -0.2) is 44.2 Å². The van der Waals surface area contributed by atoms with Gasteiger partial charge in [0.1, 0.15) is 13.2 Å². The molecule has 0 saturated carbocycles. The van der Waals surface area contributed by atoms with Crippen molar-refractivity contribution in [3.8, 4) is 11.5 Å². The lowest BCUT2D eigenvalue weighted by Crippen LogP contribution is -2.31. The number of nitrogens with one attached hydrogen (secondary N) is 1. The second kappa shape index (κ2) is 5.62. The third-order valence-electron chi connectivity index (χ3n) is 2.89. The van der Waals surface area contributed by atoms with Crippen molar-refractivity contribution < 1.29 is 14.3 Å². The van der Waals surface area contributed by atoms with Gasteiger partial charge in [-0.1, -0.05) is 0 Å². The number of benzene rings is 1. The van der Waals surface area contributed by atoms with Crippen LogP contribution in [0.4, 0.5) is 5.69 Å². The van der Waals surface area contributed by atoms with Crippen molar-refractivity contribution in [3.05, 3.63) is 18.2 Å². The predicted octanol–water partition coefficient (Wildman–Crippen LogP) is 1.35. The fourth-order valence-electron chi connectivity index (χ4n) is 1.64. The Morgan fingerprint density at radius 1 is 1.33 bits per heavy atom. The van der Waals surface area contributed by atoms with Crippen molar-refractivity contribution >= 4 is 11.6 Å². The molecule has 0 fully saturated rings. The highest BCUT2D eigenvalue weighted by molar-refractivity contribution is 5.80. The number of hydrogen-bond donors (Lipinski definition) is 1. The lowest BCUT2D eigenvalue weighted by molar-refractivity contribution is -0.127. The van der Waals surface area contributed by atoms with Crippen LogP contribution in [0.5, 0.6) is 11.5 Å². The molecule has 0 bridgehead atoms. The molecule has 18 heavy (non-hydrogen) atoms. The molecule has 2 rings (SSSR count). The van der Waals surface area contributed by atoms with Gasteiger partial charge in [-0.05, 0) is 19.1 Å². The Hall–Kier alpha value is -1.91. The molecule has 0 atom stereocenters. The molecule has 1 aliphatic heterocycles. The van der Waals surface area contributed by atoms with E-state index in [4.69, 9.17) is 9.47 Å². The molecule has 0 saturated heterocycles. The zero-order valence-electron chi connectivity index (χ0n) is 10.7. The maximum absolute atomic E-state index is 11.6. The monoisotopic (exact) mass is 250 g/mol. The standard InChI is InChI=1S/C13H18N2O3/c1-3-15(2)13(16)9-14-10-4-5-11-12(8-10)18-7-6-17-11/h4-5,8,14H,3,6-7,9H2,1-2H3. The van der Waals surface area contributed by atoms with Crippen LogP contribution in [0.1, 0.15) is 6.92 Å². The molecule has 1 N–H and O–H groups in total. The van der Waals surface area contributed by atoms with E-state index in [1.165, 1.54) is 0 Å². The number of amides is 1. The zero-order chi connectivity index (χ0) is 13.0. The van der Waals surface area contributed by atoms with Crippen molar-refractivity contribution in [1.29, 1.82) is 0 Å². The van der Waals surface area contributed by atoms with Gasteiger partial charge in [-0.15, -0.1) is 0 Å². The lowest BCUT2D eigenvalue weighted by atomic mass is 10.2. The van der Waals surface area contributed by atoms with Crippen molar-refractivity contribution in [1.82, 2.24) is 4.90 Å². The summed E-state index contributed by atoms with van der Waals surface area (Å²) in [7, 11) is 1.79. The third-order valence-corrected chi connectivity index (χ3v) is 2.89. The van der Waals surface area contributed by atoms with Crippen LogP contribution in [0.2, 0.25) is 0 Å². The summed E-state index contributed by atoms with van der Waals surface area (Å²) in [5, 5.41) is 3.08. The number of nitrogens with zero attached hydrogens (tertiary/aromatic N) is 1. The van der Waals surface area contributed by atoms with Gasteiger partial charge in [-0.2, -0.15) is 0 Å². The molecular weight excluding hydrogens is 232 g/mol. The minimum Gasteiger partial charge on any atom is -0.486 e. The molecule has 0 aromatic heterocycles. The number of ether oxygens (including phenoxy) is 2. The minimum atomic E-state index is 0.0624. The van der Waals surface area contributed by atoms with Crippen LogP contribution < -0.4 is 14.8 Å². The molecule has 5 heteroatoms. The number of hydrogen-bond acceptors (Lipinski definition) is 4. The van der Waals surface area contributed by atoms with Crippen molar-refractivity contribution in [2.24, 2.45) is 0 Å². The Bertz CT molecular complexity index is 434. The van der Waals surface area contributed by atoms with Gasteiger partial charge in [0.15, 0.2) is 11.5 Å². The Morgan fingerprint density at radius 2 is 2.06 bits per heavy atom. The highest BCUT2D eigenvalue weighted by atomic mass is 16.6. The first-order valence-electron chi connectivity index (χ1n) is 6.08. The smallest absolute Gasteiger partial charge is 0.241 e. The van der Waals surface area contributed by atoms with E-state index in [0.717, 1.165) is 17.2 Å². The van der Waals surface area contributed by atoms with E-state index in [-0.39, 0.29) is 12.5 Å². The van der Waals surface area contributed by atoms with E-state index in [1.54, 1.807) is 11.9 Å². The molecule has 0 radical (unpaired) electrons. The van der Waals surface area contributed by atoms with Crippen LogP contribution in [0.25, 0.3) is 0 Å². The average molecular weight is 250 g/mol. The number of fused-ring (bicyclic) bond motifs is 1. The number of likely N-dealkylation sites (N-methyl/N-ethyl adjacent to an activating group) is 1. The minimum absolute atomic E-state index is 0.0624. The molecule has 0 spiro atoms. The van der Waals surface area contributed by atoms with Crippen molar-refractivity contribution in [2.45, 2.75) is 6.92 Å². The first-order chi connectivity index (χ1) is 8.70. The summed E-state index contributed by atoms with van der Waals surface area (Å²) in [6, 6.07) is 5.59. The molecule has 1 aliphatic rings. The fourth-order valence-corrected chi connectivity index (χ4v) is 1.64. The van der Waals surface area contributed by atoms with E-state index in [2.05, 4.69) is 5.32 Å². The van der Waals surface area contributed by atoms with E-state index >= 15 is 0 Å². The molecule has 1 aromatic carbocycles. The van der Waals surface area contributed by atoms with Gasteiger partial charge < -0.3 is 19.7 Å². The summed E-state index contributed by atoms with van der Waals surface area (Å²) < 4.78 is 10.9. The van der Waals surface area contributed by atoms with E-state index < -0.39 is 0 Å². The summed E-state index contributed by atoms with van der Waals surface area (Å²) in [6.45, 7) is 4.08. The number of carbonyl (C=O) groups excluding carboxylic acids is 1. The maximum Gasteiger partial charge on any atom is 0.241 e. The normalized spacial score (nSPS) is 13.0. The largest absolute Gasteiger partial charge is 0.486 e. The van der Waals surface area contributed by atoms with Crippen LogP contribution in [0, 0.1) is 0 Å². The quantitative estimate of drug-likeness (QED) is 0.876. The third kappa shape index (κ3) is 2.85. The topological polar surface area (TPSA) is 50.8 Å². The molecule has 1 heterocycles. The van der Waals surface area contributed by atoms with Gasteiger partial charge >= 0.3 is 0 Å². The van der Waals surface area contributed by atoms with Gasteiger partial charge in [-0.3, -0.25) is 4.79 Å². The summed E-state index contributed by atoms with van der Waals surface area (Å²) in [6.07, 6.45) is 0. The number of anilines is 1. The average Bonchev–Trinajstić information content (AvgIpc) is 2.43. The molecule has 0 aliphatic carbocycles. The highest BCUT2D eigenvalue weighted by Gasteiger charge is 2.12. The highest BCUT2D eigenvalue weighted by Crippen LogP contribution is 2.32. The van der Waals surface area contributed by atoms with Gasteiger partial charge in [-0.25, -0.2) is 0 Å². The van der Waals surface area contributed by atoms with Crippen molar-refractivity contribution in [3.63, 3.8) is 0 Å². The number of carbonyl (C=O) groups is 1. The second-order valence-electron chi connectivity index (χ2n) is 4.12. The Morgan fingerprint density at radius 3 is 2.78 bits per heavy atom. The summed E-state index contributed by atoms with van der Waals surface area (Å²) in [4.78, 5) is 13.3. The lowest BCUT2D eigenvalue weighted by Gasteiger charge is -2.19. The van der Waals surface area contributed by atoms with Gasteiger partial charge in [0, 0.05) is 25.3 Å². The van der Waals surface area contributed by atoms with Gasteiger partial charge in [0.25, 0.3) is 0 Å². The van der Waals surface area contributed by atoms with E-state index in [0.29, 0.717) is 19.8 Å². The Kier molecular flexibility index (Phi) is 3.92. The predicted molar refractivity (Wildman–Crippen MR) is 69.2 cm³/mol. The first-order valence-corrected chi connectivity index (χ1v) is 6.08. The summed E-state index contributed by atoms with van der Waals surface area (Å²) in [5.74, 6) is 1.54. The Balaban J connectivity index is 1.96. The fraction of sp³-hybridized carbons (Fsp3) is 0.462. The van der Waals surface area contributed by atoms with Gasteiger partial charge in [0.2, 0.25) is 5.91 Å². The molecule has 1 aromatic rings. The second-order valence-corrected chi connectivity index (χ2v) is 4.12. The molecule has 1 amide bonds. The molecule has 5 nitrogen and oxygen atoms in total. The van der Waals surface area contributed by atoms with Gasteiger partial charge in [0.05, 0.1) is 6.54 Å². The van der Waals surface area contributed by atoms with Crippen LogP contribution >= 0.6 is 0 Å². The SMILES string of the molecule is CCN(C)C(=O)CNc1ccc2c(c1)OCCO2. The summed E-state index contributed by atoms with van der Waals surface area (Å²) in [5.41, 5.74) is 0.858. The van der Waals surface area contributed by atoms with Crippen LogP contribution in [0.15, 0.2) is 18.2 Å². The van der Waals surface area contributed by atoms with E-state index in [9.17, 15) is 4.79 Å². The molecule has 0 unspecified atom stereocenters. The molecular formula is C13H18N2O3. The number of rotatable bonds is 4. The zero-order valence-corrected chi connectivity index (χ0v) is 10.7. The van der Waals surface area contributed by atoms with Crippen LogP contribution in [0.3, 0.4) is 0 Å². The first kappa shape index (κ1) is 12.5. The van der Waals surface area contributed by atoms with Crippen molar-refractivity contribution in [2.75, 3.05) is 38.7 Å². The van der Waals surface area contributed by atoms with Crippen LogP contribution in [-0.2, 0) is 4.79 Å².